The van der Waals surface area contributed by atoms with Crippen LogP contribution >= 0.6 is 0 Å². The summed E-state index contributed by atoms with van der Waals surface area (Å²) in [5.41, 5.74) is 1.72. The van der Waals surface area contributed by atoms with Gasteiger partial charge in [-0.3, -0.25) is 0 Å². The molecule has 0 bridgehead atoms. The van der Waals surface area contributed by atoms with Gasteiger partial charge in [-0.15, -0.1) is 0 Å². The molecule has 0 unspecified atom stereocenters. The van der Waals surface area contributed by atoms with E-state index in [1.54, 1.807) is 10.9 Å². The molecule has 0 aliphatic heterocycles. The van der Waals surface area contributed by atoms with Crippen molar-refractivity contribution in [3.8, 4) is 5.69 Å². The van der Waals surface area contributed by atoms with Crippen LogP contribution in [-0.4, -0.2) is 20.6 Å². The summed E-state index contributed by atoms with van der Waals surface area (Å²) in [4.78, 5) is 15.3. The molecule has 0 radical (unpaired) electrons. The van der Waals surface area contributed by atoms with Gasteiger partial charge in [-0.05, 0) is 18.9 Å². The van der Waals surface area contributed by atoms with Crippen LogP contribution in [0.1, 0.15) is 35.0 Å². The number of hydrogen-bond donors (Lipinski definition) is 1. The summed E-state index contributed by atoms with van der Waals surface area (Å²) < 4.78 is 20.6. The van der Waals surface area contributed by atoms with Gasteiger partial charge in [0, 0.05) is 29.6 Å². The topological polar surface area (TPSA) is 68.3 Å². The van der Waals surface area contributed by atoms with Crippen molar-refractivity contribution in [2.75, 3.05) is 0 Å². The van der Waals surface area contributed by atoms with Crippen LogP contribution in [0, 0.1) is 5.82 Å². The monoisotopic (exact) mass is 286 g/mol. The van der Waals surface area contributed by atoms with Gasteiger partial charge in [0.2, 0.25) is 5.76 Å². The number of aromatic nitrogens is 2. The highest BCUT2D eigenvalue weighted by Crippen LogP contribution is 2.39. The quantitative estimate of drug-likeness (QED) is 0.801. The Bertz CT molecular complexity index is 861. The van der Waals surface area contributed by atoms with Crippen molar-refractivity contribution in [3.63, 3.8) is 0 Å². The van der Waals surface area contributed by atoms with Gasteiger partial charge >= 0.3 is 5.97 Å². The third kappa shape index (κ3) is 1.99. The van der Waals surface area contributed by atoms with E-state index in [0.29, 0.717) is 17.0 Å². The Morgan fingerprint density at radius 2 is 2.19 bits per heavy atom. The number of benzene rings is 1. The van der Waals surface area contributed by atoms with Crippen LogP contribution in [0.4, 0.5) is 4.39 Å². The molecule has 1 aliphatic carbocycles. The van der Waals surface area contributed by atoms with Crippen LogP contribution in [0.3, 0.4) is 0 Å². The number of rotatable bonds is 3. The smallest absolute Gasteiger partial charge is 0.371 e. The minimum Gasteiger partial charge on any atom is -0.475 e. The molecule has 1 N–H and O–H groups in total. The fourth-order valence-corrected chi connectivity index (χ4v) is 2.47. The lowest BCUT2D eigenvalue weighted by Crippen LogP contribution is -1.93. The molecule has 4 rings (SSSR count). The van der Waals surface area contributed by atoms with Crippen molar-refractivity contribution in [2.45, 2.75) is 18.8 Å². The summed E-state index contributed by atoms with van der Waals surface area (Å²) in [6.07, 6.45) is 5.74. The molecular formula is C15H11FN2O3. The third-order valence-corrected chi connectivity index (χ3v) is 3.67. The molecule has 106 valence electrons. The van der Waals surface area contributed by atoms with Crippen LogP contribution in [0.2, 0.25) is 0 Å². The number of halogens is 1. The predicted octanol–water partition coefficient (Wildman–Crippen LogP) is 3.33. The number of nitrogens with zero attached hydrogens (tertiary/aromatic N) is 2. The van der Waals surface area contributed by atoms with Crippen molar-refractivity contribution in [1.82, 2.24) is 9.55 Å². The predicted molar refractivity (Wildman–Crippen MR) is 72.2 cm³/mol. The fraction of sp³-hybridized carbons (Fsp3) is 0.200. The molecule has 3 aromatic rings. The lowest BCUT2D eigenvalue weighted by Gasteiger charge is -2.03. The van der Waals surface area contributed by atoms with Gasteiger partial charge in [-0.2, -0.15) is 0 Å². The minimum atomic E-state index is -1.18. The first-order valence-corrected chi connectivity index (χ1v) is 6.62. The molecule has 0 atom stereocenters. The summed E-state index contributed by atoms with van der Waals surface area (Å²) >= 11 is 0. The van der Waals surface area contributed by atoms with Gasteiger partial charge in [0.05, 0.1) is 17.7 Å². The van der Waals surface area contributed by atoms with E-state index in [1.165, 1.54) is 18.2 Å². The standard InChI is InChI=1S/C15H11FN2O3/c16-9-3-12(18-6-11(17-7-18)8-1-2-8)10-5-14(15(19)20)21-13(10)4-9/h3-8H,1-2H2,(H,19,20). The Labute approximate surface area is 118 Å². The van der Waals surface area contributed by atoms with E-state index in [1.807, 2.05) is 6.20 Å². The number of aromatic carboxylic acids is 1. The molecule has 0 saturated heterocycles. The summed E-state index contributed by atoms with van der Waals surface area (Å²) in [6.45, 7) is 0. The molecule has 2 aromatic heterocycles. The van der Waals surface area contributed by atoms with Gasteiger partial charge in [-0.1, -0.05) is 0 Å². The Morgan fingerprint density at radius 1 is 1.38 bits per heavy atom. The van der Waals surface area contributed by atoms with Crippen LogP contribution in [0.25, 0.3) is 16.7 Å². The molecule has 21 heavy (non-hydrogen) atoms. The number of carboxylic acid groups (broad SMARTS) is 1. The second kappa shape index (κ2) is 4.18. The van der Waals surface area contributed by atoms with Crippen molar-refractivity contribution >= 4 is 16.9 Å². The average Bonchev–Trinajstić information content (AvgIpc) is 3.01. The van der Waals surface area contributed by atoms with Crippen LogP contribution < -0.4 is 0 Å². The number of imidazole rings is 1. The van der Waals surface area contributed by atoms with Crippen LogP contribution in [0.15, 0.2) is 35.1 Å². The van der Waals surface area contributed by atoms with Gasteiger partial charge in [0.1, 0.15) is 11.4 Å². The highest BCUT2D eigenvalue weighted by Gasteiger charge is 2.26. The lowest BCUT2D eigenvalue weighted by atomic mass is 10.2. The zero-order chi connectivity index (χ0) is 14.6. The molecule has 6 heteroatoms. The molecule has 1 saturated carbocycles. The van der Waals surface area contributed by atoms with Crippen molar-refractivity contribution in [2.24, 2.45) is 0 Å². The van der Waals surface area contributed by atoms with Crippen LogP contribution in [0.5, 0.6) is 0 Å². The summed E-state index contributed by atoms with van der Waals surface area (Å²) in [5, 5.41) is 9.54. The minimum absolute atomic E-state index is 0.209. The van der Waals surface area contributed by atoms with Crippen LogP contribution in [-0.2, 0) is 0 Å². The van der Waals surface area contributed by atoms with Crippen molar-refractivity contribution in [3.05, 3.63) is 48.0 Å². The molecular weight excluding hydrogens is 275 g/mol. The SMILES string of the molecule is O=C(O)c1cc2c(-n3cnc(C4CC4)c3)cc(F)cc2o1. The first-order chi connectivity index (χ1) is 10.1. The third-order valence-electron chi connectivity index (χ3n) is 3.67. The Balaban J connectivity index is 1.90. The van der Waals surface area contributed by atoms with E-state index in [-0.39, 0.29) is 11.3 Å². The highest BCUT2D eigenvalue weighted by atomic mass is 19.1. The van der Waals surface area contributed by atoms with Gasteiger partial charge in [-0.25, -0.2) is 14.2 Å². The Morgan fingerprint density at radius 3 is 2.90 bits per heavy atom. The Hall–Kier alpha value is -2.63. The number of furan rings is 1. The molecule has 2 heterocycles. The Kier molecular flexibility index (Phi) is 2.42. The van der Waals surface area contributed by atoms with Gasteiger partial charge in [0.15, 0.2) is 0 Å². The molecule has 1 aliphatic rings. The van der Waals surface area contributed by atoms with Crippen molar-refractivity contribution < 1.29 is 18.7 Å². The number of carboxylic acids is 1. The largest absolute Gasteiger partial charge is 0.475 e. The van der Waals surface area contributed by atoms with E-state index in [2.05, 4.69) is 4.98 Å². The summed E-state index contributed by atoms with van der Waals surface area (Å²) in [6, 6.07) is 3.94. The molecule has 1 aromatic carbocycles. The van der Waals surface area contributed by atoms with Gasteiger partial charge < -0.3 is 14.1 Å². The maximum Gasteiger partial charge on any atom is 0.371 e. The second-order valence-corrected chi connectivity index (χ2v) is 5.23. The summed E-state index contributed by atoms with van der Waals surface area (Å²) in [5.74, 6) is -1.37. The molecule has 1 fully saturated rings. The normalized spacial score (nSPS) is 14.7. The first-order valence-electron chi connectivity index (χ1n) is 6.62. The zero-order valence-electron chi connectivity index (χ0n) is 10.9. The molecule has 0 amide bonds. The maximum absolute atomic E-state index is 13.7. The van der Waals surface area contributed by atoms with E-state index in [9.17, 15) is 9.18 Å². The first kappa shape index (κ1) is 12.1. The maximum atomic E-state index is 13.7. The van der Waals surface area contributed by atoms with E-state index in [0.717, 1.165) is 18.5 Å². The highest BCUT2D eigenvalue weighted by molar-refractivity contribution is 5.95. The van der Waals surface area contributed by atoms with E-state index in [4.69, 9.17) is 9.52 Å². The average molecular weight is 286 g/mol. The number of carbonyl (C=O) groups is 1. The molecule has 0 spiro atoms. The number of fused-ring (bicyclic) bond motifs is 1. The van der Waals surface area contributed by atoms with E-state index < -0.39 is 11.8 Å². The lowest BCUT2D eigenvalue weighted by molar-refractivity contribution is 0.0665. The second-order valence-electron chi connectivity index (χ2n) is 5.23. The molecule has 5 nitrogen and oxygen atoms in total. The van der Waals surface area contributed by atoms with Crippen molar-refractivity contribution in [1.29, 1.82) is 0 Å². The number of hydrogen-bond acceptors (Lipinski definition) is 3. The zero-order valence-corrected chi connectivity index (χ0v) is 10.9. The summed E-state index contributed by atoms with van der Waals surface area (Å²) in [7, 11) is 0. The van der Waals surface area contributed by atoms with E-state index >= 15 is 0 Å². The fourth-order valence-electron chi connectivity index (χ4n) is 2.47. The van der Waals surface area contributed by atoms with Gasteiger partial charge in [0.25, 0.3) is 0 Å².